The van der Waals surface area contributed by atoms with Gasteiger partial charge in [0.15, 0.2) is 5.78 Å². The number of fused-ring (bicyclic) bond motifs is 1. The fourth-order valence-electron chi connectivity index (χ4n) is 1.46. The van der Waals surface area contributed by atoms with Crippen LogP contribution in [-0.4, -0.2) is 22.3 Å². The van der Waals surface area contributed by atoms with Crippen LogP contribution in [0.15, 0.2) is 41.5 Å². The minimum atomic E-state index is -0.465. The van der Waals surface area contributed by atoms with E-state index in [4.69, 9.17) is 5.73 Å². The molecule has 0 fully saturated rings. The maximum absolute atomic E-state index is 10.8. The van der Waals surface area contributed by atoms with Crippen molar-refractivity contribution in [3.05, 3.63) is 42.2 Å². The molecule has 2 aromatic rings. The van der Waals surface area contributed by atoms with Gasteiger partial charge in [0.2, 0.25) is 0 Å². The number of hydrogen-bond acceptors (Lipinski definition) is 5. The Morgan fingerprint density at radius 3 is 2.68 bits per heavy atom. The van der Waals surface area contributed by atoms with Crippen LogP contribution >= 0.6 is 11.5 Å². The van der Waals surface area contributed by atoms with Crippen LogP contribution in [0.5, 0.6) is 0 Å². The van der Waals surface area contributed by atoms with Crippen LogP contribution in [-0.2, 0) is 4.79 Å². The third-order valence-electron chi connectivity index (χ3n) is 2.36. The molecule has 96 valence electrons. The number of hydrogen-bond donors (Lipinski definition) is 1. The molecule has 0 unspecified atom stereocenters. The van der Waals surface area contributed by atoms with Crippen LogP contribution in [0.3, 0.4) is 0 Å². The summed E-state index contributed by atoms with van der Waals surface area (Å²) >= 11 is 1.29. The maximum Gasteiger partial charge on any atom is 0.269 e. The van der Waals surface area contributed by atoms with Crippen molar-refractivity contribution in [3.8, 4) is 0 Å². The molecule has 0 atom stereocenters. The number of carbonyl (C=O) groups is 2. The average Bonchev–Trinajstić information content (AvgIpc) is 2.84. The van der Waals surface area contributed by atoms with E-state index in [2.05, 4.69) is 9.37 Å². The second kappa shape index (κ2) is 6.01. The topological polar surface area (TPSA) is 85.4 Å². The predicted molar refractivity (Wildman–Crippen MR) is 75.4 cm³/mol. The molecule has 19 heavy (non-hydrogen) atoms. The molecule has 0 saturated heterocycles. The molecule has 5 nitrogen and oxygen atoms in total. The number of benzene rings is 1. The molecule has 3 rings (SSSR count). The summed E-state index contributed by atoms with van der Waals surface area (Å²) in [7, 11) is 0. The Morgan fingerprint density at radius 1 is 1.32 bits per heavy atom. The van der Waals surface area contributed by atoms with Crippen LogP contribution in [0.4, 0.5) is 0 Å². The SMILES string of the molecule is NC(=O)c1nsc2ccccc12.O=C1C=CN=CC1. The van der Waals surface area contributed by atoms with Gasteiger partial charge in [-0.25, -0.2) is 0 Å². The lowest BCUT2D eigenvalue weighted by Crippen LogP contribution is -2.11. The Morgan fingerprint density at radius 2 is 2.11 bits per heavy atom. The van der Waals surface area contributed by atoms with Crippen molar-refractivity contribution >= 4 is 39.5 Å². The van der Waals surface area contributed by atoms with Crippen LogP contribution in [0.25, 0.3) is 10.1 Å². The molecule has 1 aliphatic heterocycles. The van der Waals surface area contributed by atoms with Gasteiger partial charge >= 0.3 is 0 Å². The van der Waals surface area contributed by atoms with Crippen molar-refractivity contribution < 1.29 is 9.59 Å². The molecule has 6 heteroatoms. The molecule has 1 aromatic heterocycles. The summed E-state index contributed by atoms with van der Waals surface area (Å²) in [4.78, 5) is 24.8. The first kappa shape index (κ1) is 13.1. The van der Waals surface area contributed by atoms with E-state index in [1.807, 2.05) is 24.3 Å². The molecule has 2 N–H and O–H groups in total. The number of aliphatic imine (C=N–C) groups is 1. The zero-order chi connectivity index (χ0) is 13.7. The molecule has 1 aliphatic rings. The molecule has 0 saturated carbocycles. The van der Waals surface area contributed by atoms with Gasteiger partial charge in [-0.15, -0.1) is 0 Å². The lowest BCUT2D eigenvalue weighted by Gasteiger charge is -1.88. The fraction of sp³-hybridized carbons (Fsp3) is 0.0769. The van der Waals surface area contributed by atoms with Crippen molar-refractivity contribution in [1.29, 1.82) is 0 Å². The molecule has 1 amide bonds. The summed E-state index contributed by atoms with van der Waals surface area (Å²) in [6, 6.07) is 7.53. The van der Waals surface area contributed by atoms with E-state index in [1.54, 1.807) is 6.21 Å². The van der Waals surface area contributed by atoms with E-state index in [9.17, 15) is 9.59 Å². The van der Waals surface area contributed by atoms with Gasteiger partial charge in [0.25, 0.3) is 5.91 Å². The lowest BCUT2D eigenvalue weighted by molar-refractivity contribution is -0.113. The molecule has 1 aromatic carbocycles. The summed E-state index contributed by atoms with van der Waals surface area (Å²) in [6.07, 6.45) is 5.05. The number of rotatable bonds is 1. The Labute approximate surface area is 113 Å². The van der Waals surface area contributed by atoms with Crippen molar-refractivity contribution in [2.45, 2.75) is 6.42 Å². The normalized spacial score (nSPS) is 13.2. The zero-order valence-electron chi connectivity index (χ0n) is 9.95. The standard InChI is InChI=1S/C8H6N2OS.C5H5NO/c9-8(11)7-5-3-1-2-4-6(5)12-10-7;7-5-1-3-6-4-2-5/h1-4H,(H2,9,11);1,3-4H,2H2. The number of allylic oxidation sites excluding steroid dienone is 1. The van der Waals surface area contributed by atoms with Crippen LogP contribution in [0.1, 0.15) is 16.9 Å². The van der Waals surface area contributed by atoms with Gasteiger partial charge in [0.05, 0.1) is 4.70 Å². The number of amides is 1. The summed E-state index contributed by atoms with van der Waals surface area (Å²) in [5.41, 5.74) is 5.50. The monoisotopic (exact) mass is 273 g/mol. The second-order valence-electron chi connectivity index (χ2n) is 3.71. The highest BCUT2D eigenvalue weighted by Gasteiger charge is 2.09. The lowest BCUT2D eigenvalue weighted by atomic mass is 10.2. The average molecular weight is 273 g/mol. The van der Waals surface area contributed by atoms with E-state index in [0.29, 0.717) is 12.1 Å². The van der Waals surface area contributed by atoms with E-state index >= 15 is 0 Å². The van der Waals surface area contributed by atoms with E-state index in [-0.39, 0.29) is 5.78 Å². The third kappa shape index (κ3) is 3.32. The number of ketones is 1. The number of nitrogens with zero attached hydrogens (tertiary/aromatic N) is 2. The minimum absolute atomic E-state index is 0.134. The van der Waals surface area contributed by atoms with Gasteiger partial charge in [0.1, 0.15) is 5.69 Å². The van der Waals surface area contributed by atoms with Gasteiger partial charge in [-0.05, 0) is 23.7 Å². The summed E-state index contributed by atoms with van der Waals surface area (Å²) < 4.78 is 4.95. The molecular formula is C13H11N3O2S. The smallest absolute Gasteiger partial charge is 0.269 e. The maximum atomic E-state index is 10.8. The minimum Gasteiger partial charge on any atom is -0.364 e. The zero-order valence-corrected chi connectivity index (χ0v) is 10.8. The second-order valence-corrected chi connectivity index (χ2v) is 4.51. The van der Waals surface area contributed by atoms with Crippen molar-refractivity contribution in [2.24, 2.45) is 10.7 Å². The number of nitrogens with two attached hydrogens (primary N) is 1. The van der Waals surface area contributed by atoms with Crippen molar-refractivity contribution in [2.75, 3.05) is 0 Å². The van der Waals surface area contributed by atoms with Gasteiger partial charge < -0.3 is 5.73 Å². The molecule has 0 spiro atoms. The Balaban J connectivity index is 0.000000163. The van der Waals surface area contributed by atoms with Crippen LogP contribution in [0.2, 0.25) is 0 Å². The Hall–Kier alpha value is -2.34. The third-order valence-corrected chi connectivity index (χ3v) is 3.18. The largest absolute Gasteiger partial charge is 0.364 e. The summed E-state index contributed by atoms with van der Waals surface area (Å²) in [5, 5.41) is 0.843. The van der Waals surface area contributed by atoms with Crippen LogP contribution < -0.4 is 5.73 Å². The van der Waals surface area contributed by atoms with Crippen molar-refractivity contribution in [1.82, 2.24) is 4.37 Å². The molecule has 0 radical (unpaired) electrons. The summed E-state index contributed by atoms with van der Waals surface area (Å²) in [5.74, 6) is -0.331. The fourth-order valence-corrected chi connectivity index (χ4v) is 2.24. The van der Waals surface area contributed by atoms with Gasteiger partial charge in [-0.1, -0.05) is 18.2 Å². The molecule has 2 heterocycles. The highest BCUT2D eigenvalue weighted by Crippen LogP contribution is 2.21. The first-order valence-corrected chi connectivity index (χ1v) is 6.31. The Bertz CT molecular complexity index is 673. The molecule has 0 aliphatic carbocycles. The summed E-state index contributed by atoms with van der Waals surface area (Å²) in [6.45, 7) is 0. The Kier molecular flexibility index (Phi) is 4.15. The number of primary amides is 1. The number of aromatic nitrogens is 1. The van der Waals surface area contributed by atoms with E-state index in [1.165, 1.54) is 23.8 Å². The van der Waals surface area contributed by atoms with E-state index < -0.39 is 5.91 Å². The predicted octanol–water partition coefficient (Wildman–Crippen LogP) is 1.94. The van der Waals surface area contributed by atoms with Gasteiger partial charge in [-0.3, -0.25) is 14.6 Å². The van der Waals surface area contributed by atoms with Gasteiger partial charge in [-0.2, -0.15) is 4.37 Å². The van der Waals surface area contributed by atoms with Gasteiger partial charge in [0, 0.05) is 24.2 Å². The number of carbonyl (C=O) groups excluding carboxylic acids is 2. The highest BCUT2D eigenvalue weighted by atomic mass is 32.1. The van der Waals surface area contributed by atoms with E-state index in [0.717, 1.165) is 10.1 Å². The first-order valence-electron chi connectivity index (χ1n) is 5.53. The van der Waals surface area contributed by atoms with Crippen LogP contribution in [0, 0.1) is 0 Å². The highest BCUT2D eigenvalue weighted by molar-refractivity contribution is 7.13. The molecule has 0 bridgehead atoms. The first-order chi connectivity index (χ1) is 9.18. The van der Waals surface area contributed by atoms with Crippen molar-refractivity contribution in [3.63, 3.8) is 0 Å². The molecular weight excluding hydrogens is 262 g/mol. The quantitative estimate of drug-likeness (QED) is 0.861.